The van der Waals surface area contributed by atoms with Gasteiger partial charge in [0.2, 0.25) is 10.0 Å². The molecule has 1 aliphatic rings. The highest BCUT2D eigenvalue weighted by Gasteiger charge is 2.25. The normalized spacial score (nSPS) is 17.5. The highest BCUT2D eigenvalue weighted by atomic mass is 32.2. The van der Waals surface area contributed by atoms with Crippen LogP contribution in [0.1, 0.15) is 63.2 Å². The highest BCUT2D eigenvalue weighted by Crippen LogP contribution is 2.15. The van der Waals surface area contributed by atoms with Crippen LogP contribution in [0.3, 0.4) is 0 Å². The van der Waals surface area contributed by atoms with Crippen LogP contribution >= 0.6 is 0 Å². The molecule has 156 valence electrons. The first-order valence-electron chi connectivity index (χ1n) is 9.86. The Morgan fingerprint density at radius 1 is 1.07 bits per heavy atom. The van der Waals surface area contributed by atoms with Crippen molar-refractivity contribution in [1.29, 1.82) is 0 Å². The van der Waals surface area contributed by atoms with Crippen molar-refractivity contribution in [3.63, 3.8) is 0 Å². The summed E-state index contributed by atoms with van der Waals surface area (Å²) in [5, 5.41) is 0. The summed E-state index contributed by atoms with van der Waals surface area (Å²) in [5.74, 6) is -0.832. The zero-order chi connectivity index (χ0) is 20.7. The highest BCUT2D eigenvalue weighted by molar-refractivity contribution is 7.89. The van der Waals surface area contributed by atoms with Gasteiger partial charge in [-0.15, -0.1) is 0 Å². The van der Waals surface area contributed by atoms with Gasteiger partial charge in [0.05, 0.1) is 10.5 Å². The van der Waals surface area contributed by atoms with Gasteiger partial charge < -0.3 is 9.64 Å². The van der Waals surface area contributed by atoms with Gasteiger partial charge in [0, 0.05) is 19.1 Å². The molecule has 0 saturated carbocycles. The lowest BCUT2D eigenvalue weighted by Gasteiger charge is -2.24. The van der Waals surface area contributed by atoms with Crippen LogP contribution in [0.5, 0.6) is 0 Å². The lowest BCUT2D eigenvalue weighted by Crippen LogP contribution is -2.40. The first kappa shape index (κ1) is 22.4. The quantitative estimate of drug-likeness (QED) is 0.698. The van der Waals surface area contributed by atoms with Gasteiger partial charge in [0.25, 0.3) is 5.91 Å². The van der Waals surface area contributed by atoms with Crippen molar-refractivity contribution < 1.29 is 22.7 Å². The summed E-state index contributed by atoms with van der Waals surface area (Å²) in [6.45, 7) is 6.62. The molecule has 0 radical (unpaired) electrons. The minimum Gasteiger partial charge on any atom is -0.449 e. The first-order chi connectivity index (χ1) is 13.2. The molecule has 0 aliphatic carbocycles. The number of hydrogen-bond acceptors (Lipinski definition) is 5. The Bertz CT molecular complexity index is 768. The van der Waals surface area contributed by atoms with E-state index < -0.39 is 22.1 Å². The van der Waals surface area contributed by atoms with Gasteiger partial charge in [-0.1, -0.05) is 19.8 Å². The number of ether oxygens (including phenoxy) is 1. The third kappa shape index (κ3) is 6.04. The van der Waals surface area contributed by atoms with Crippen molar-refractivity contribution in [2.24, 2.45) is 0 Å². The summed E-state index contributed by atoms with van der Waals surface area (Å²) < 4.78 is 32.4. The maximum absolute atomic E-state index is 12.5. The molecule has 1 N–H and O–H groups in total. The largest absolute Gasteiger partial charge is 0.449 e. The zero-order valence-corrected chi connectivity index (χ0v) is 17.6. The third-order valence-electron chi connectivity index (χ3n) is 4.92. The maximum Gasteiger partial charge on any atom is 0.338 e. The lowest BCUT2D eigenvalue weighted by molar-refractivity contribution is -0.139. The maximum atomic E-state index is 12.5. The first-order valence-corrected chi connectivity index (χ1v) is 11.3. The van der Waals surface area contributed by atoms with Crippen LogP contribution in [-0.2, 0) is 19.6 Å². The van der Waals surface area contributed by atoms with Gasteiger partial charge in [0.1, 0.15) is 0 Å². The molecule has 0 bridgehead atoms. The van der Waals surface area contributed by atoms with E-state index in [1.165, 1.54) is 24.3 Å². The number of nitrogens with one attached hydrogen (secondary N) is 1. The smallest absolute Gasteiger partial charge is 0.338 e. The number of carbonyl (C=O) groups excluding carboxylic acids is 2. The van der Waals surface area contributed by atoms with Crippen LogP contribution in [0.25, 0.3) is 0 Å². The van der Waals surface area contributed by atoms with Gasteiger partial charge in [-0.3, -0.25) is 4.79 Å². The molecule has 7 nitrogen and oxygen atoms in total. The summed E-state index contributed by atoms with van der Waals surface area (Å²) in [6.07, 6.45) is 3.95. The summed E-state index contributed by atoms with van der Waals surface area (Å²) in [4.78, 5) is 26.7. The number of amides is 1. The standard InChI is InChI=1S/C20H30N2O5S/c1-4-15(2)21-28(25,26)18-11-9-17(10-12-18)20(24)27-16(3)19(23)22-13-7-5-6-8-14-22/h9-12,15-16,21H,4-8,13-14H2,1-3H3/t15-,16+/m0/s1. The second kappa shape index (κ2) is 10.0. The summed E-state index contributed by atoms with van der Waals surface area (Å²) in [5.41, 5.74) is 0.206. The molecule has 8 heteroatoms. The Balaban J connectivity index is 1.99. The molecule has 1 aliphatic heterocycles. The number of likely N-dealkylation sites (tertiary alicyclic amines) is 1. The Morgan fingerprint density at radius 2 is 1.64 bits per heavy atom. The molecular weight excluding hydrogens is 380 g/mol. The predicted molar refractivity (Wildman–Crippen MR) is 106 cm³/mol. The summed E-state index contributed by atoms with van der Waals surface area (Å²) in [6, 6.07) is 5.35. The summed E-state index contributed by atoms with van der Waals surface area (Å²) >= 11 is 0. The van der Waals surface area contributed by atoms with E-state index in [4.69, 9.17) is 4.74 Å². The van der Waals surface area contributed by atoms with E-state index >= 15 is 0 Å². The average molecular weight is 411 g/mol. The molecule has 1 aromatic rings. The van der Waals surface area contributed by atoms with Crippen LogP contribution in [0.4, 0.5) is 0 Å². The van der Waals surface area contributed by atoms with E-state index in [2.05, 4.69) is 4.72 Å². The average Bonchev–Trinajstić information content (AvgIpc) is 2.96. The molecular formula is C20H30N2O5S. The molecule has 2 rings (SSSR count). The van der Waals surface area contributed by atoms with Crippen molar-refractivity contribution in [2.45, 2.75) is 69.9 Å². The topological polar surface area (TPSA) is 92.8 Å². The second-order valence-corrected chi connectivity index (χ2v) is 8.96. The van der Waals surface area contributed by atoms with E-state index in [-0.39, 0.29) is 22.4 Å². The number of hydrogen-bond donors (Lipinski definition) is 1. The molecule has 1 fully saturated rings. The number of benzene rings is 1. The molecule has 0 unspecified atom stereocenters. The minimum atomic E-state index is -3.63. The van der Waals surface area contributed by atoms with Crippen LogP contribution < -0.4 is 4.72 Å². The molecule has 0 aromatic heterocycles. The molecule has 0 spiro atoms. The molecule has 1 heterocycles. The van der Waals surface area contributed by atoms with Gasteiger partial charge in [-0.05, 0) is 57.4 Å². The molecule has 28 heavy (non-hydrogen) atoms. The number of rotatable bonds is 7. The van der Waals surface area contributed by atoms with Crippen molar-refractivity contribution in [2.75, 3.05) is 13.1 Å². The van der Waals surface area contributed by atoms with Gasteiger partial charge in [0.15, 0.2) is 6.10 Å². The zero-order valence-electron chi connectivity index (χ0n) is 16.8. The number of carbonyl (C=O) groups is 2. The molecule has 1 saturated heterocycles. The van der Waals surface area contributed by atoms with E-state index in [0.717, 1.165) is 25.7 Å². The molecule has 1 aromatic carbocycles. The lowest BCUT2D eigenvalue weighted by atomic mass is 10.2. The fourth-order valence-electron chi connectivity index (χ4n) is 3.01. The van der Waals surface area contributed by atoms with E-state index in [0.29, 0.717) is 19.5 Å². The van der Waals surface area contributed by atoms with E-state index in [1.807, 2.05) is 6.92 Å². The summed E-state index contributed by atoms with van der Waals surface area (Å²) in [7, 11) is -3.63. The van der Waals surface area contributed by atoms with Crippen LogP contribution in [0.2, 0.25) is 0 Å². The number of esters is 1. The monoisotopic (exact) mass is 410 g/mol. The van der Waals surface area contributed by atoms with Crippen LogP contribution in [0, 0.1) is 0 Å². The molecule has 2 atom stereocenters. The Hall–Kier alpha value is -1.93. The van der Waals surface area contributed by atoms with Crippen LogP contribution in [-0.4, -0.2) is 50.4 Å². The predicted octanol–water partition coefficient (Wildman–Crippen LogP) is 2.71. The van der Waals surface area contributed by atoms with Gasteiger partial charge in [-0.2, -0.15) is 0 Å². The fourth-order valence-corrected chi connectivity index (χ4v) is 4.34. The number of sulfonamides is 1. The van der Waals surface area contributed by atoms with Gasteiger partial charge in [-0.25, -0.2) is 17.9 Å². The van der Waals surface area contributed by atoms with E-state index in [9.17, 15) is 18.0 Å². The fraction of sp³-hybridized carbons (Fsp3) is 0.600. The van der Waals surface area contributed by atoms with Gasteiger partial charge >= 0.3 is 5.97 Å². The second-order valence-electron chi connectivity index (χ2n) is 7.24. The third-order valence-corrected chi connectivity index (χ3v) is 6.52. The Labute approximate surface area is 167 Å². The van der Waals surface area contributed by atoms with Crippen molar-refractivity contribution in [3.8, 4) is 0 Å². The Morgan fingerprint density at radius 3 is 2.18 bits per heavy atom. The molecule has 1 amide bonds. The minimum absolute atomic E-state index is 0.0815. The van der Waals surface area contributed by atoms with Crippen LogP contribution in [0.15, 0.2) is 29.2 Å². The van der Waals surface area contributed by atoms with Crippen molar-refractivity contribution >= 4 is 21.9 Å². The van der Waals surface area contributed by atoms with Crippen molar-refractivity contribution in [3.05, 3.63) is 29.8 Å². The SMILES string of the molecule is CC[C@H](C)NS(=O)(=O)c1ccc(C(=O)O[C@H](C)C(=O)N2CCCCCC2)cc1. The number of nitrogens with zero attached hydrogens (tertiary/aromatic N) is 1. The Kier molecular flexibility index (Phi) is 8.00. The van der Waals surface area contributed by atoms with Crippen molar-refractivity contribution in [1.82, 2.24) is 9.62 Å². The van der Waals surface area contributed by atoms with E-state index in [1.54, 1.807) is 18.7 Å².